The number of alkyl halides is 1. The van der Waals surface area contributed by atoms with E-state index in [1.165, 1.54) is 18.4 Å². The van der Waals surface area contributed by atoms with Crippen LogP contribution in [-0.2, 0) is 9.47 Å². The van der Waals surface area contributed by atoms with Crippen molar-refractivity contribution in [3.63, 3.8) is 0 Å². The minimum absolute atomic E-state index is 0.199. The largest absolute Gasteiger partial charge is 0.376 e. The van der Waals surface area contributed by atoms with Gasteiger partial charge in [-0.1, -0.05) is 52.9 Å². The second kappa shape index (κ2) is 6.57. The first-order chi connectivity index (χ1) is 7.90. The van der Waals surface area contributed by atoms with Crippen molar-refractivity contribution in [2.45, 2.75) is 25.0 Å². The van der Waals surface area contributed by atoms with E-state index in [0.717, 1.165) is 11.0 Å². The van der Waals surface area contributed by atoms with Crippen molar-refractivity contribution in [2.24, 2.45) is 0 Å². The third kappa shape index (κ3) is 4.03. The molecule has 1 aliphatic carbocycles. The monoisotopic (exact) mass is 332 g/mol. The highest BCUT2D eigenvalue weighted by atomic mass is 127. The minimum Gasteiger partial charge on any atom is -0.376 e. The van der Waals surface area contributed by atoms with Crippen molar-refractivity contribution in [1.29, 1.82) is 0 Å². The zero-order chi connectivity index (χ0) is 11.2. The lowest BCUT2D eigenvalue weighted by atomic mass is 10.1. The van der Waals surface area contributed by atoms with Gasteiger partial charge in [-0.3, -0.25) is 0 Å². The summed E-state index contributed by atoms with van der Waals surface area (Å²) in [6.07, 6.45) is 3.19. The van der Waals surface area contributed by atoms with Crippen LogP contribution in [0.2, 0.25) is 0 Å². The molecule has 1 aromatic rings. The summed E-state index contributed by atoms with van der Waals surface area (Å²) in [5, 5.41) is 0. The molecule has 88 valence electrons. The lowest BCUT2D eigenvalue weighted by molar-refractivity contribution is 0.00930. The standard InChI is InChI=1S/C13H17IO2/c14-10-13(11-4-2-1-3-5-11)16-9-8-15-12-6-7-12/h1-5,12-13H,6-10H2. The Morgan fingerprint density at radius 1 is 1.19 bits per heavy atom. The van der Waals surface area contributed by atoms with E-state index < -0.39 is 0 Å². The van der Waals surface area contributed by atoms with Crippen molar-refractivity contribution in [3.8, 4) is 0 Å². The smallest absolute Gasteiger partial charge is 0.0915 e. The first kappa shape index (κ1) is 12.3. The third-order valence-corrected chi connectivity index (χ3v) is 3.39. The van der Waals surface area contributed by atoms with Gasteiger partial charge in [-0.25, -0.2) is 0 Å². The summed E-state index contributed by atoms with van der Waals surface area (Å²) in [7, 11) is 0. The van der Waals surface area contributed by atoms with Crippen LogP contribution < -0.4 is 0 Å². The average Bonchev–Trinajstić information content (AvgIpc) is 3.14. The molecule has 1 atom stereocenters. The van der Waals surface area contributed by atoms with Gasteiger partial charge in [0, 0.05) is 4.43 Å². The third-order valence-electron chi connectivity index (χ3n) is 2.59. The maximum absolute atomic E-state index is 5.82. The molecule has 0 bridgehead atoms. The maximum atomic E-state index is 5.82. The molecule has 16 heavy (non-hydrogen) atoms. The highest BCUT2D eigenvalue weighted by Crippen LogP contribution is 2.24. The molecule has 2 nitrogen and oxygen atoms in total. The quantitative estimate of drug-likeness (QED) is 0.433. The Morgan fingerprint density at radius 2 is 1.94 bits per heavy atom. The molecule has 0 spiro atoms. The molecular formula is C13H17IO2. The lowest BCUT2D eigenvalue weighted by Crippen LogP contribution is -2.11. The second-order valence-corrected chi connectivity index (χ2v) is 4.88. The summed E-state index contributed by atoms with van der Waals surface area (Å²) >= 11 is 2.36. The van der Waals surface area contributed by atoms with Crippen LogP contribution in [0.5, 0.6) is 0 Å². The number of benzene rings is 1. The Labute approximate surface area is 110 Å². The van der Waals surface area contributed by atoms with Crippen LogP contribution in [0, 0.1) is 0 Å². The van der Waals surface area contributed by atoms with Gasteiger partial charge in [0.05, 0.1) is 25.4 Å². The van der Waals surface area contributed by atoms with Gasteiger partial charge in [0.25, 0.3) is 0 Å². The van der Waals surface area contributed by atoms with Crippen molar-refractivity contribution in [3.05, 3.63) is 35.9 Å². The Balaban J connectivity index is 1.72. The van der Waals surface area contributed by atoms with Gasteiger partial charge >= 0.3 is 0 Å². The number of hydrogen-bond acceptors (Lipinski definition) is 2. The summed E-state index contributed by atoms with van der Waals surface area (Å²) in [5.41, 5.74) is 1.25. The summed E-state index contributed by atoms with van der Waals surface area (Å²) < 4.78 is 12.4. The summed E-state index contributed by atoms with van der Waals surface area (Å²) in [4.78, 5) is 0. The minimum atomic E-state index is 0.199. The van der Waals surface area contributed by atoms with Crippen LogP contribution >= 0.6 is 22.6 Å². The van der Waals surface area contributed by atoms with Gasteiger partial charge in [0.2, 0.25) is 0 Å². The molecule has 0 amide bonds. The SMILES string of the molecule is ICC(OCCOC1CC1)c1ccccc1. The molecule has 1 saturated carbocycles. The molecule has 0 aliphatic heterocycles. The molecule has 1 fully saturated rings. The molecule has 0 heterocycles. The van der Waals surface area contributed by atoms with Gasteiger partial charge in [0.1, 0.15) is 0 Å². The van der Waals surface area contributed by atoms with Crippen LogP contribution in [0.25, 0.3) is 0 Å². The fourth-order valence-electron chi connectivity index (χ4n) is 1.54. The highest BCUT2D eigenvalue weighted by molar-refractivity contribution is 14.1. The van der Waals surface area contributed by atoms with Crippen molar-refractivity contribution >= 4 is 22.6 Å². The van der Waals surface area contributed by atoms with Crippen LogP contribution in [0.1, 0.15) is 24.5 Å². The molecule has 3 heteroatoms. The summed E-state index contributed by atoms with van der Waals surface area (Å²) in [6.45, 7) is 1.42. The molecule has 0 radical (unpaired) electrons. The fraction of sp³-hybridized carbons (Fsp3) is 0.538. The number of hydrogen-bond donors (Lipinski definition) is 0. The van der Waals surface area contributed by atoms with Gasteiger partial charge in [-0.05, 0) is 18.4 Å². The van der Waals surface area contributed by atoms with E-state index in [9.17, 15) is 0 Å². The Kier molecular flexibility index (Phi) is 5.06. The van der Waals surface area contributed by atoms with E-state index >= 15 is 0 Å². The topological polar surface area (TPSA) is 18.5 Å². The van der Waals surface area contributed by atoms with E-state index in [4.69, 9.17) is 9.47 Å². The first-order valence-electron chi connectivity index (χ1n) is 5.74. The number of rotatable bonds is 7. The first-order valence-corrected chi connectivity index (χ1v) is 7.27. The van der Waals surface area contributed by atoms with Crippen molar-refractivity contribution in [2.75, 3.05) is 17.6 Å². The number of ether oxygens (including phenoxy) is 2. The average molecular weight is 332 g/mol. The van der Waals surface area contributed by atoms with E-state index in [2.05, 4.69) is 46.9 Å². The van der Waals surface area contributed by atoms with Crippen LogP contribution in [0.15, 0.2) is 30.3 Å². The van der Waals surface area contributed by atoms with E-state index in [0.29, 0.717) is 12.7 Å². The Hall–Kier alpha value is -0.130. The zero-order valence-corrected chi connectivity index (χ0v) is 11.4. The van der Waals surface area contributed by atoms with Crippen LogP contribution in [0.3, 0.4) is 0 Å². The summed E-state index contributed by atoms with van der Waals surface area (Å²) in [6, 6.07) is 10.4. The van der Waals surface area contributed by atoms with E-state index in [1.807, 2.05) is 6.07 Å². The normalized spacial score (nSPS) is 17.3. The van der Waals surface area contributed by atoms with Gasteiger partial charge in [-0.2, -0.15) is 0 Å². The Bertz CT molecular complexity index is 298. The van der Waals surface area contributed by atoms with Crippen molar-refractivity contribution in [1.82, 2.24) is 0 Å². The molecule has 1 aliphatic rings. The molecular weight excluding hydrogens is 315 g/mol. The predicted molar refractivity (Wildman–Crippen MR) is 73.0 cm³/mol. The van der Waals surface area contributed by atoms with Gasteiger partial charge in [0.15, 0.2) is 0 Å². The molecule has 0 saturated heterocycles. The Morgan fingerprint density at radius 3 is 2.56 bits per heavy atom. The van der Waals surface area contributed by atoms with Crippen LogP contribution in [0.4, 0.5) is 0 Å². The highest BCUT2D eigenvalue weighted by Gasteiger charge is 2.21. The predicted octanol–water partition coefficient (Wildman–Crippen LogP) is 3.36. The molecule has 1 unspecified atom stereocenters. The summed E-state index contributed by atoms with van der Waals surface area (Å²) in [5.74, 6) is 0. The molecule has 1 aromatic carbocycles. The second-order valence-electron chi connectivity index (χ2n) is 3.99. The van der Waals surface area contributed by atoms with Gasteiger partial charge in [-0.15, -0.1) is 0 Å². The fourth-order valence-corrected chi connectivity index (χ4v) is 2.30. The van der Waals surface area contributed by atoms with E-state index in [-0.39, 0.29) is 6.10 Å². The maximum Gasteiger partial charge on any atom is 0.0915 e. The van der Waals surface area contributed by atoms with Crippen LogP contribution in [-0.4, -0.2) is 23.7 Å². The zero-order valence-electron chi connectivity index (χ0n) is 9.27. The lowest BCUT2D eigenvalue weighted by Gasteiger charge is -2.15. The molecule has 2 rings (SSSR count). The molecule has 0 N–H and O–H groups in total. The number of halogens is 1. The van der Waals surface area contributed by atoms with E-state index in [1.54, 1.807) is 0 Å². The van der Waals surface area contributed by atoms with Gasteiger partial charge < -0.3 is 9.47 Å². The molecule has 0 aromatic heterocycles. The van der Waals surface area contributed by atoms with Crippen molar-refractivity contribution < 1.29 is 9.47 Å².